The number of ketones is 1. The molecule has 0 heterocycles. The maximum atomic E-state index is 12.8. The topological polar surface area (TPSA) is 17.1 Å². The Morgan fingerprint density at radius 1 is 1.00 bits per heavy atom. The summed E-state index contributed by atoms with van der Waals surface area (Å²) in [6.45, 7) is 6.15. The van der Waals surface area contributed by atoms with Crippen molar-refractivity contribution in [3.8, 4) is 0 Å². The van der Waals surface area contributed by atoms with Gasteiger partial charge < -0.3 is 0 Å². The van der Waals surface area contributed by atoms with E-state index < -0.39 is 5.41 Å². The largest absolute Gasteiger partial charge is 0.293 e. The third kappa shape index (κ3) is 2.98. The summed E-state index contributed by atoms with van der Waals surface area (Å²) in [7, 11) is 0. The zero-order valence-corrected chi connectivity index (χ0v) is 12.5. The van der Waals surface area contributed by atoms with Crippen LogP contribution in [0.3, 0.4) is 0 Å². The van der Waals surface area contributed by atoms with Gasteiger partial charge in [0.1, 0.15) is 0 Å². The first-order valence-corrected chi connectivity index (χ1v) is 7.25. The number of rotatable bonds is 5. The Hall–Kier alpha value is -1.89. The maximum Gasteiger partial charge on any atom is 0.172 e. The van der Waals surface area contributed by atoms with Crippen molar-refractivity contribution in [1.29, 1.82) is 0 Å². The molecule has 104 valence electrons. The van der Waals surface area contributed by atoms with Crippen molar-refractivity contribution < 1.29 is 4.79 Å². The van der Waals surface area contributed by atoms with Crippen LogP contribution < -0.4 is 0 Å². The number of hydrogen-bond donors (Lipinski definition) is 0. The van der Waals surface area contributed by atoms with Gasteiger partial charge in [0.05, 0.1) is 5.41 Å². The molecular weight excluding hydrogens is 244 g/mol. The van der Waals surface area contributed by atoms with E-state index in [1.807, 2.05) is 62.4 Å². The fourth-order valence-corrected chi connectivity index (χ4v) is 2.50. The third-order valence-electron chi connectivity index (χ3n) is 3.79. The number of benzene rings is 2. The van der Waals surface area contributed by atoms with E-state index in [1.165, 1.54) is 5.56 Å². The van der Waals surface area contributed by atoms with Gasteiger partial charge in [0.2, 0.25) is 0 Å². The molecule has 0 N–H and O–H groups in total. The molecule has 0 saturated carbocycles. The van der Waals surface area contributed by atoms with Gasteiger partial charge in [0.25, 0.3) is 0 Å². The lowest BCUT2D eigenvalue weighted by molar-refractivity contribution is 0.0908. The van der Waals surface area contributed by atoms with Crippen LogP contribution in [-0.4, -0.2) is 5.78 Å². The van der Waals surface area contributed by atoms with Gasteiger partial charge in [0.15, 0.2) is 5.78 Å². The molecule has 1 heteroatoms. The van der Waals surface area contributed by atoms with E-state index in [9.17, 15) is 4.79 Å². The number of Topliss-reactive ketones (excluding diaryl/α,β-unsaturated/α-hetero) is 1. The van der Waals surface area contributed by atoms with E-state index in [0.29, 0.717) is 0 Å². The summed E-state index contributed by atoms with van der Waals surface area (Å²) in [6, 6.07) is 18.0. The average Bonchev–Trinajstić information content (AvgIpc) is 2.48. The van der Waals surface area contributed by atoms with Gasteiger partial charge >= 0.3 is 0 Å². The van der Waals surface area contributed by atoms with Gasteiger partial charge in [-0.25, -0.2) is 0 Å². The van der Waals surface area contributed by atoms with Crippen molar-refractivity contribution in [3.05, 3.63) is 71.3 Å². The predicted molar refractivity (Wildman–Crippen MR) is 84.2 cm³/mol. The minimum atomic E-state index is -0.494. The van der Waals surface area contributed by atoms with Crippen LogP contribution in [0.5, 0.6) is 0 Å². The molecule has 0 aliphatic carbocycles. The normalized spacial score (nSPS) is 11.3. The Labute approximate surface area is 121 Å². The molecule has 0 saturated heterocycles. The maximum absolute atomic E-state index is 12.8. The average molecular weight is 266 g/mol. The molecule has 2 aromatic carbocycles. The van der Waals surface area contributed by atoms with Gasteiger partial charge in [-0.15, -0.1) is 0 Å². The number of aryl methyl sites for hydroxylation is 1. The Morgan fingerprint density at radius 2 is 1.70 bits per heavy atom. The van der Waals surface area contributed by atoms with Gasteiger partial charge in [-0.3, -0.25) is 4.79 Å². The van der Waals surface area contributed by atoms with Gasteiger partial charge in [0, 0.05) is 5.56 Å². The molecule has 0 aromatic heterocycles. The molecule has 0 spiro atoms. The summed E-state index contributed by atoms with van der Waals surface area (Å²) >= 11 is 0. The van der Waals surface area contributed by atoms with Crippen LogP contribution in [0.4, 0.5) is 0 Å². The lowest BCUT2D eigenvalue weighted by Gasteiger charge is -2.24. The fourth-order valence-electron chi connectivity index (χ4n) is 2.50. The molecule has 0 radical (unpaired) electrons. The Kier molecular flexibility index (Phi) is 4.39. The second kappa shape index (κ2) is 6.04. The Balaban J connectivity index is 2.33. The van der Waals surface area contributed by atoms with Crippen molar-refractivity contribution in [3.63, 3.8) is 0 Å². The molecule has 0 bridgehead atoms. The summed E-state index contributed by atoms with van der Waals surface area (Å²) < 4.78 is 0. The van der Waals surface area contributed by atoms with E-state index in [1.54, 1.807) is 0 Å². The third-order valence-corrected chi connectivity index (χ3v) is 3.79. The van der Waals surface area contributed by atoms with Crippen molar-refractivity contribution in [2.75, 3.05) is 0 Å². The van der Waals surface area contributed by atoms with E-state index in [2.05, 4.69) is 13.0 Å². The van der Waals surface area contributed by atoms with Crippen LogP contribution in [-0.2, 0) is 11.8 Å². The summed E-state index contributed by atoms with van der Waals surface area (Å²) in [4.78, 5) is 12.8. The highest BCUT2D eigenvalue weighted by Crippen LogP contribution is 2.27. The van der Waals surface area contributed by atoms with E-state index >= 15 is 0 Å². The van der Waals surface area contributed by atoms with Crippen LogP contribution in [0.2, 0.25) is 0 Å². The van der Waals surface area contributed by atoms with Crippen molar-refractivity contribution in [2.45, 2.75) is 39.0 Å². The standard InChI is InChI=1S/C19H22O/c1-4-9-15-10-8-11-16(14-15)18(20)19(2,3)17-12-6-5-7-13-17/h5-8,10-14H,4,9H2,1-3H3. The summed E-state index contributed by atoms with van der Waals surface area (Å²) in [5, 5.41) is 0. The fraction of sp³-hybridized carbons (Fsp3) is 0.316. The van der Waals surface area contributed by atoms with E-state index in [4.69, 9.17) is 0 Å². The van der Waals surface area contributed by atoms with Crippen LogP contribution in [0, 0.1) is 0 Å². The summed E-state index contributed by atoms with van der Waals surface area (Å²) in [6.07, 6.45) is 2.12. The molecule has 0 aliphatic rings. The first-order chi connectivity index (χ1) is 9.55. The molecule has 0 atom stereocenters. The van der Waals surface area contributed by atoms with Gasteiger partial charge in [-0.05, 0) is 37.5 Å². The zero-order valence-electron chi connectivity index (χ0n) is 12.5. The summed E-state index contributed by atoms with van der Waals surface area (Å²) in [5.41, 5.74) is 2.62. The molecule has 0 unspecified atom stereocenters. The SMILES string of the molecule is CCCc1cccc(C(=O)C(C)(C)c2ccccc2)c1. The lowest BCUT2D eigenvalue weighted by atomic mass is 9.78. The van der Waals surface area contributed by atoms with Crippen LogP contribution in [0.1, 0.15) is 48.7 Å². The van der Waals surface area contributed by atoms with E-state index in [-0.39, 0.29) is 5.78 Å². The molecule has 0 amide bonds. The molecular formula is C19H22O. The highest BCUT2D eigenvalue weighted by molar-refractivity contribution is 6.03. The van der Waals surface area contributed by atoms with Crippen molar-refractivity contribution >= 4 is 5.78 Å². The second-order valence-corrected chi connectivity index (χ2v) is 5.77. The quantitative estimate of drug-likeness (QED) is 0.710. The number of hydrogen-bond acceptors (Lipinski definition) is 1. The molecule has 2 rings (SSSR count). The van der Waals surface area contributed by atoms with Crippen LogP contribution in [0.25, 0.3) is 0 Å². The van der Waals surface area contributed by atoms with Gasteiger partial charge in [-0.1, -0.05) is 61.9 Å². The van der Waals surface area contributed by atoms with Gasteiger partial charge in [-0.2, -0.15) is 0 Å². The monoisotopic (exact) mass is 266 g/mol. The number of carbonyl (C=O) groups is 1. The van der Waals surface area contributed by atoms with Crippen molar-refractivity contribution in [1.82, 2.24) is 0 Å². The smallest absolute Gasteiger partial charge is 0.172 e. The second-order valence-electron chi connectivity index (χ2n) is 5.77. The molecule has 0 fully saturated rings. The first kappa shape index (κ1) is 14.5. The minimum Gasteiger partial charge on any atom is -0.293 e. The Bertz CT molecular complexity index is 582. The minimum absolute atomic E-state index is 0.182. The first-order valence-electron chi connectivity index (χ1n) is 7.25. The van der Waals surface area contributed by atoms with Crippen LogP contribution >= 0.6 is 0 Å². The zero-order chi connectivity index (χ0) is 14.6. The molecule has 2 aromatic rings. The summed E-state index contributed by atoms with van der Waals surface area (Å²) in [5.74, 6) is 0.182. The molecule has 20 heavy (non-hydrogen) atoms. The highest BCUT2D eigenvalue weighted by atomic mass is 16.1. The highest BCUT2D eigenvalue weighted by Gasteiger charge is 2.30. The predicted octanol–water partition coefficient (Wildman–Crippen LogP) is 4.80. The lowest BCUT2D eigenvalue weighted by Crippen LogP contribution is -2.29. The number of carbonyl (C=O) groups excluding carboxylic acids is 1. The van der Waals surface area contributed by atoms with Crippen LogP contribution in [0.15, 0.2) is 54.6 Å². The molecule has 1 nitrogen and oxygen atoms in total. The van der Waals surface area contributed by atoms with E-state index in [0.717, 1.165) is 24.0 Å². The molecule has 0 aliphatic heterocycles. The van der Waals surface area contributed by atoms with Crippen molar-refractivity contribution in [2.24, 2.45) is 0 Å². The Morgan fingerprint density at radius 3 is 2.35 bits per heavy atom.